The number of aryl methyl sites for hydroxylation is 1. The Kier molecular flexibility index (Phi) is 4.51. The van der Waals surface area contributed by atoms with Crippen molar-refractivity contribution in [3.05, 3.63) is 59.7 Å². The number of nitrogens with zero attached hydrogens (tertiary/aromatic N) is 1. The first-order chi connectivity index (χ1) is 11.6. The van der Waals surface area contributed by atoms with Gasteiger partial charge < -0.3 is 15.0 Å². The van der Waals surface area contributed by atoms with Crippen LogP contribution in [0.1, 0.15) is 22.3 Å². The second-order valence-electron chi connectivity index (χ2n) is 5.87. The predicted molar refractivity (Wildman–Crippen MR) is 92.4 cm³/mol. The minimum Gasteiger partial charge on any atom is -0.497 e. The van der Waals surface area contributed by atoms with Gasteiger partial charge in [-0.1, -0.05) is 23.8 Å². The molecule has 0 aromatic heterocycles. The number of benzene rings is 2. The summed E-state index contributed by atoms with van der Waals surface area (Å²) in [6.07, 6.45) is 0.600. The molecule has 3 rings (SSSR count). The van der Waals surface area contributed by atoms with Crippen LogP contribution in [0.15, 0.2) is 48.5 Å². The maximum atomic E-state index is 12.6. The topological polar surface area (TPSA) is 58.6 Å². The molecular formula is C19H20N2O3. The van der Waals surface area contributed by atoms with Crippen LogP contribution >= 0.6 is 0 Å². The standard InChI is InChI=1S/C19H20N2O3/c1-13-6-8-15(9-7-13)21-11-10-17(19(21)23)20-18(22)14-4-3-5-16(12-14)24-2/h3-9,12,17H,10-11H2,1-2H3,(H,20,22)/t17-/m1/s1. The zero-order chi connectivity index (χ0) is 17.1. The molecule has 124 valence electrons. The van der Waals surface area contributed by atoms with Gasteiger partial charge in [-0.05, 0) is 43.7 Å². The summed E-state index contributed by atoms with van der Waals surface area (Å²) < 4.78 is 5.13. The predicted octanol–water partition coefficient (Wildman–Crippen LogP) is 2.54. The molecule has 5 nitrogen and oxygen atoms in total. The van der Waals surface area contributed by atoms with Gasteiger partial charge in [0, 0.05) is 17.8 Å². The van der Waals surface area contributed by atoms with Crippen molar-refractivity contribution in [2.75, 3.05) is 18.6 Å². The van der Waals surface area contributed by atoms with E-state index in [-0.39, 0.29) is 11.8 Å². The fourth-order valence-electron chi connectivity index (χ4n) is 2.80. The van der Waals surface area contributed by atoms with Crippen molar-refractivity contribution in [1.82, 2.24) is 5.32 Å². The van der Waals surface area contributed by atoms with Crippen molar-refractivity contribution >= 4 is 17.5 Å². The number of carbonyl (C=O) groups excluding carboxylic acids is 2. The van der Waals surface area contributed by atoms with Crippen LogP contribution in [-0.4, -0.2) is 31.5 Å². The van der Waals surface area contributed by atoms with E-state index in [1.807, 2.05) is 31.2 Å². The molecule has 0 bridgehead atoms. The first-order valence-corrected chi connectivity index (χ1v) is 7.91. The third-order valence-electron chi connectivity index (χ3n) is 4.19. The molecule has 1 N–H and O–H groups in total. The van der Waals surface area contributed by atoms with Gasteiger partial charge in [0.05, 0.1) is 7.11 Å². The molecule has 1 heterocycles. The van der Waals surface area contributed by atoms with Crippen molar-refractivity contribution in [3.63, 3.8) is 0 Å². The average molecular weight is 324 g/mol. The molecule has 0 aliphatic carbocycles. The zero-order valence-corrected chi connectivity index (χ0v) is 13.8. The van der Waals surface area contributed by atoms with Gasteiger partial charge in [-0.3, -0.25) is 9.59 Å². The summed E-state index contributed by atoms with van der Waals surface area (Å²) >= 11 is 0. The van der Waals surface area contributed by atoms with Gasteiger partial charge in [-0.25, -0.2) is 0 Å². The molecule has 2 amide bonds. The minimum absolute atomic E-state index is 0.0740. The molecule has 1 atom stereocenters. The van der Waals surface area contributed by atoms with Crippen LogP contribution in [0.5, 0.6) is 5.75 Å². The van der Waals surface area contributed by atoms with Gasteiger partial charge >= 0.3 is 0 Å². The molecular weight excluding hydrogens is 304 g/mol. The number of anilines is 1. The van der Waals surface area contributed by atoms with E-state index in [9.17, 15) is 9.59 Å². The van der Waals surface area contributed by atoms with E-state index in [2.05, 4.69) is 5.32 Å². The third-order valence-corrected chi connectivity index (χ3v) is 4.19. The summed E-state index contributed by atoms with van der Waals surface area (Å²) in [6.45, 7) is 2.61. The lowest BCUT2D eigenvalue weighted by atomic mass is 10.1. The molecule has 5 heteroatoms. The van der Waals surface area contributed by atoms with Crippen LogP contribution in [0.2, 0.25) is 0 Å². The molecule has 0 spiro atoms. The Bertz CT molecular complexity index is 755. The van der Waals surface area contributed by atoms with Gasteiger partial charge in [-0.2, -0.15) is 0 Å². The van der Waals surface area contributed by atoms with Gasteiger partial charge in [0.1, 0.15) is 11.8 Å². The lowest BCUT2D eigenvalue weighted by Crippen LogP contribution is -2.41. The molecule has 2 aromatic rings. The van der Waals surface area contributed by atoms with Gasteiger partial charge in [0.15, 0.2) is 0 Å². The van der Waals surface area contributed by atoms with Crippen LogP contribution in [0, 0.1) is 6.92 Å². The summed E-state index contributed by atoms with van der Waals surface area (Å²) in [5.74, 6) is 0.273. The number of nitrogens with one attached hydrogen (secondary N) is 1. The highest BCUT2D eigenvalue weighted by Gasteiger charge is 2.33. The normalized spacial score (nSPS) is 17.0. The zero-order valence-electron chi connectivity index (χ0n) is 13.8. The molecule has 1 aliphatic heterocycles. The maximum absolute atomic E-state index is 12.6. The summed E-state index contributed by atoms with van der Waals surface area (Å²) in [7, 11) is 1.55. The Balaban J connectivity index is 1.69. The Morgan fingerprint density at radius 3 is 2.67 bits per heavy atom. The van der Waals surface area contributed by atoms with E-state index in [1.54, 1.807) is 36.3 Å². The smallest absolute Gasteiger partial charge is 0.252 e. The second-order valence-corrected chi connectivity index (χ2v) is 5.87. The van der Waals surface area contributed by atoms with Gasteiger partial charge in [0.25, 0.3) is 5.91 Å². The molecule has 0 unspecified atom stereocenters. The molecule has 2 aromatic carbocycles. The highest BCUT2D eigenvalue weighted by Crippen LogP contribution is 2.22. The number of hydrogen-bond donors (Lipinski definition) is 1. The summed E-state index contributed by atoms with van der Waals surface area (Å²) in [4.78, 5) is 26.7. The molecule has 0 saturated carbocycles. The average Bonchev–Trinajstić information content (AvgIpc) is 2.96. The fourth-order valence-corrected chi connectivity index (χ4v) is 2.80. The Labute approximate surface area is 141 Å². The summed E-state index contributed by atoms with van der Waals surface area (Å²) in [5.41, 5.74) is 2.49. The van der Waals surface area contributed by atoms with Crippen molar-refractivity contribution in [3.8, 4) is 5.75 Å². The van der Waals surface area contributed by atoms with E-state index in [4.69, 9.17) is 4.74 Å². The van der Waals surface area contributed by atoms with Crippen LogP contribution in [0.25, 0.3) is 0 Å². The number of hydrogen-bond acceptors (Lipinski definition) is 3. The number of methoxy groups -OCH3 is 1. The molecule has 0 radical (unpaired) electrons. The van der Waals surface area contributed by atoms with Gasteiger partial charge in [-0.15, -0.1) is 0 Å². The first-order valence-electron chi connectivity index (χ1n) is 7.91. The van der Waals surface area contributed by atoms with Crippen molar-refractivity contribution in [2.45, 2.75) is 19.4 Å². The Morgan fingerprint density at radius 1 is 1.21 bits per heavy atom. The largest absolute Gasteiger partial charge is 0.497 e. The number of ether oxygens (including phenoxy) is 1. The molecule has 1 saturated heterocycles. The molecule has 24 heavy (non-hydrogen) atoms. The van der Waals surface area contributed by atoms with Crippen LogP contribution in [-0.2, 0) is 4.79 Å². The van der Waals surface area contributed by atoms with Crippen LogP contribution in [0.4, 0.5) is 5.69 Å². The lowest BCUT2D eigenvalue weighted by molar-refractivity contribution is -0.118. The highest BCUT2D eigenvalue weighted by molar-refractivity contribution is 6.04. The lowest BCUT2D eigenvalue weighted by Gasteiger charge is -2.17. The highest BCUT2D eigenvalue weighted by atomic mass is 16.5. The van der Waals surface area contributed by atoms with E-state index in [1.165, 1.54) is 0 Å². The fraction of sp³-hybridized carbons (Fsp3) is 0.263. The van der Waals surface area contributed by atoms with Crippen molar-refractivity contribution < 1.29 is 14.3 Å². The van der Waals surface area contributed by atoms with E-state index in [0.29, 0.717) is 24.3 Å². The SMILES string of the molecule is COc1cccc(C(=O)N[C@@H]2CCN(c3ccc(C)cc3)C2=O)c1. The Morgan fingerprint density at radius 2 is 1.96 bits per heavy atom. The monoisotopic (exact) mass is 324 g/mol. The third kappa shape index (κ3) is 3.25. The molecule has 1 aliphatic rings. The van der Waals surface area contributed by atoms with E-state index in [0.717, 1.165) is 11.3 Å². The number of amides is 2. The molecule has 1 fully saturated rings. The van der Waals surface area contributed by atoms with Crippen molar-refractivity contribution in [2.24, 2.45) is 0 Å². The van der Waals surface area contributed by atoms with Crippen molar-refractivity contribution in [1.29, 1.82) is 0 Å². The van der Waals surface area contributed by atoms with Crippen LogP contribution < -0.4 is 15.0 Å². The van der Waals surface area contributed by atoms with E-state index < -0.39 is 6.04 Å². The number of rotatable bonds is 4. The Hall–Kier alpha value is -2.82. The second kappa shape index (κ2) is 6.74. The first kappa shape index (κ1) is 16.1. The van der Waals surface area contributed by atoms with E-state index >= 15 is 0 Å². The maximum Gasteiger partial charge on any atom is 0.252 e. The van der Waals surface area contributed by atoms with Crippen LogP contribution in [0.3, 0.4) is 0 Å². The summed E-state index contributed by atoms with van der Waals surface area (Å²) in [5, 5.41) is 2.82. The number of carbonyl (C=O) groups is 2. The van der Waals surface area contributed by atoms with Gasteiger partial charge in [0.2, 0.25) is 5.91 Å². The quantitative estimate of drug-likeness (QED) is 0.940. The minimum atomic E-state index is -0.495. The summed E-state index contributed by atoms with van der Waals surface area (Å²) in [6, 6.07) is 14.2.